The topological polar surface area (TPSA) is 71.8 Å². The maximum Gasteiger partial charge on any atom is 0.251 e. The van der Waals surface area contributed by atoms with Crippen molar-refractivity contribution < 1.29 is 4.39 Å². The summed E-state index contributed by atoms with van der Waals surface area (Å²) in [6.45, 7) is 2.20. The lowest BCUT2D eigenvalue weighted by molar-refractivity contribution is 0.627. The first kappa shape index (κ1) is 12.4. The number of benzene rings is 1. The Morgan fingerprint density at radius 2 is 2.11 bits per heavy atom. The number of aromatic nitrogens is 2. The van der Waals surface area contributed by atoms with Gasteiger partial charge in [-0.2, -0.15) is 0 Å². The molecule has 18 heavy (non-hydrogen) atoms. The molecule has 0 spiro atoms. The third-order valence-electron chi connectivity index (χ3n) is 2.51. The van der Waals surface area contributed by atoms with Crippen LogP contribution in [0, 0.1) is 12.7 Å². The molecule has 94 valence electrons. The minimum atomic E-state index is -0.350. The molecule has 1 heterocycles. The van der Waals surface area contributed by atoms with Gasteiger partial charge in [0.15, 0.2) is 0 Å². The molecule has 0 fully saturated rings. The number of halogens is 1. The highest BCUT2D eigenvalue weighted by Crippen LogP contribution is 2.17. The second-order valence-corrected chi connectivity index (χ2v) is 4.14. The van der Waals surface area contributed by atoms with E-state index in [0.717, 1.165) is 5.56 Å². The molecule has 0 unspecified atom stereocenters. The van der Waals surface area contributed by atoms with E-state index in [9.17, 15) is 9.18 Å². The first-order valence-electron chi connectivity index (χ1n) is 5.66. The van der Waals surface area contributed by atoms with Gasteiger partial charge in [0.05, 0.1) is 0 Å². The number of hydrogen-bond acceptors (Lipinski definition) is 3. The number of aromatic amines is 1. The van der Waals surface area contributed by atoms with Crippen LogP contribution in [0.25, 0.3) is 11.4 Å². The van der Waals surface area contributed by atoms with Gasteiger partial charge in [-0.25, -0.2) is 9.37 Å². The number of aryl methyl sites for hydroxylation is 1. The van der Waals surface area contributed by atoms with Crippen LogP contribution in [-0.4, -0.2) is 16.5 Å². The van der Waals surface area contributed by atoms with Gasteiger partial charge in [-0.1, -0.05) is 0 Å². The summed E-state index contributed by atoms with van der Waals surface area (Å²) >= 11 is 0. The molecule has 5 heteroatoms. The largest absolute Gasteiger partial charge is 0.330 e. The molecule has 0 bridgehead atoms. The number of nitrogens with zero attached hydrogens (tertiary/aromatic N) is 1. The summed E-state index contributed by atoms with van der Waals surface area (Å²) < 4.78 is 13.3. The van der Waals surface area contributed by atoms with Crippen molar-refractivity contribution in [2.24, 2.45) is 5.73 Å². The van der Waals surface area contributed by atoms with Crippen molar-refractivity contribution in [1.82, 2.24) is 9.97 Å². The number of rotatable bonds is 3. The summed E-state index contributed by atoms with van der Waals surface area (Å²) in [5.74, 6) is 0.0189. The van der Waals surface area contributed by atoms with Crippen LogP contribution in [0.2, 0.25) is 0 Å². The van der Waals surface area contributed by atoms with Crippen LogP contribution in [0.1, 0.15) is 11.3 Å². The molecule has 0 aliphatic rings. The quantitative estimate of drug-likeness (QED) is 0.860. The van der Waals surface area contributed by atoms with E-state index in [-0.39, 0.29) is 11.4 Å². The maximum atomic E-state index is 13.3. The van der Waals surface area contributed by atoms with Crippen LogP contribution in [-0.2, 0) is 6.42 Å². The van der Waals surface area contributed by atoms with Crippen LogP contribution in [0.5, 0.6) is 0 Å². The van der Waals surface area contributed by atoms with E-state index in [1.165, 1.54) is 18.2 Å². The molecule has 2 rings (SSSR count). The first-order valence-corrected chi connectivity index (χ1v) is 5.66. The third-order valence-corrected chi connectivity index (χ3v) is 2.51. The molecule has 4 nitrogen and oxygen atoms in total. The Balaban J connectivity index is 2.52. The Labute approximate surface area is 104 Å². The highest BCUT2D eigenvalue weighted by molar-refractivity contribution is 5.56. The highest BCUT2D eigenvalue weighted by atomic mass is 19.1. The fraction of sp³-hybridized carbons (Fsp3) is 0.231. The summed E-state index contributed by atoms with van der Waals surface area (Å²) in [4.78, 5) is 18.4. The average molecular weight is 247 g/mol. The van der Waals surface area contributed by atoms with Gasteiger partial charge in [0, 0.05) is 23.7 Å². The number of nitrogens with two attached hydrogens (primary N) is 1. The van der Waals surface area contributed by atoms with Crippen LogP contribution in [0.4, 0.5) is 4.39 Å². The van der Waals surface area contributed by atoms with Gasteiger partial charge in [0.1, 0.15) is 11.6 Å². The van der Waals surface area contributed by atoms with E-state index in [1.807, 2.05) is 0 Å². The predicted molar refractivity (Wildman–Crippen MR) is 67.7 cm³/mol. The second-order valence-electron chi connectivity index (χ2n) is 4.14. The van der Waals surface area contributed by atoms with Crippen molar-refractivity contribution in [3.63, 3.8) is 0 Å². The predicted octanol–water partition coefficient (Wildman–Crippen LogP) is 1.39. The minimum absolute atomic E-state index is 0.259. The van der Waals surface area contributed by atoms with Crippen molar-refractivity contribution in [3.05, 3.63) is 51.7 Å². The zero-order valence-electron chi connectivity index (χ0n) is 10.0. The molecule has 0 aliphatic heterocycles. The lowest BCUT2D eigenvalue weighted by atomic mass is 10.1. The molecule has 0 atom stereocenters. The zero-order valence-corrected chi connectivity index (χ0v) is 10.0. The van der Waals surface area contributed by atoms with E-state index >= 15 is 0 Å². The van der Waals surface area contributed by atoms with Crippen molar-refractivity contribution >= 4 is 0 Å². The lowest BCUT2D eigenvalue weighted by Crippen LogP contribution is -2.13. The smallest absolute Gasteiger partial charge is 0.251 e. The van der Waals surface area contributed by atoms with E-state index in [4.69, 9.17) is 5.73 Å². The molecule has 0 saturated carbocycles. The molecule has 0 radical (unpaired) electrons. The number of H-pyrrole nitrogens is 1. The van der Waals surface area contributed by atoms with Crippen molar-refractivity contribution in [3.8, 4) is 11.4 Å². The van der Waals surface area contributed by atoms with Crippen molar-refractivity contribution in [2.75, 3.05) is 6.54 Å². The molecule has 0 saturated heterocycles. The van der Waals surface area contributed by atoms with Crippen LogP contribution in [0.3, 0.4) is 0 Å². The van der Waals surface area contributed by atoms with Crippen molar-refractivity contribution in [2.45, 2.75) is 13.3 Å². The molecule has 3 N–H and O–H groups in total. The Kier molecular flexibility index (Phi) is 3.53. The second kappa shape index (κ2) is 5.10. The van der Waals surface area contributed by atoms with Crippen LogP contribution in [0.15, 0.2) is 29.1 Å². The first-order chi connectivity index (χ1) is 8.58. The van der Waals surface area contributed by atoms with E-state index < -0.39 is 0 Å². The van der Waals surface area contributed by atoms with Gasteiger partial charge in [0.25, 0.3) is 5.56 Å². The van der Waals surface area contributed by atoms with Crippen LogP contribution < -0.4 is 11.3 Å². The summed E-state index contributed by atoms with van der Waals surface area (Å²) in [5, 5.41) is 0. The molecule has 1 aromatic carbocycles. The van der Waals surface area contributed by atoms with Gasteiger partial charge in [-0.15, -0.1) is 0 Å². The normalized spacial score (nSPS) is 10.6. The summed E-state index contributed by atoms with van der Waals surface area (Å²) in [7, 11) is 0. The van der Waals surface area contributed by atoms with Crippen molar-refractivity contribution in [1.29, 1.82) is 0 Å². The monoisotopic (exact) mass is 247 g/mol. The van der Waals surface area contributed by atoms with Gasteiger partial charge < -0.3 is 10.7 Å². The summed E-state index contributed by atoms with van der Waals surface area (Å²) in [6.07, 6.45) is 0.519. The standard InChI is InChI=1S/C13H14FN3O/c1-8-4-9(6-10(14)5-8)13-16-11(2-3-15)7-12(18)17-13/h4-7H,2-3,15H2,1H3,(H,16,17,18). The average Bonchev–Trinajstić information content (AvgIpc) is 2.27. The third kappa shape index (κ3) is 2.81. The number of nitrogens with one attached hydrogen (secondary N) is 1. The zero-order chi connectivity index (χ0) is 13.1. The number of hydrogen-bond donors (Lipinski definition) is 2. The van der Waals surface area contributed by atoms with Crippen LogP contribution >= 0.6 is 0 Å². The SMILES string of the molecule is Cc1cc(F)cc(-c2nc(CCN)cc(=O)[nH]2)c1. The summed E-state index contributed by atoms with van der Waals surface area (Å²) in [6, 6.07) is 5.94. The van der Waals surface area contributed by atoms with Gasteiger partial charge >= 0.3 is 0 Å². The Bertz CT molecular complexity index is 602. The maximum absolute atomic E-state index is 13.3. The van der Waals surface area contributed by atoms with E-state index in [0.29, 0.717) is 30.0 Å². The minimum Gasteiger partial charge on any atom is -0.330 e. The molecule has 0 amide bonds. The van der Waals surface area contributed by atoms with Gasteiger partial charge in [0.2, 0.25) is 0 Å². The summed E-state index contributed by atoms with van der Waals surface area (Å²) in [5.41, 5.74) is 7.12. The Morgan fingerprint density at radius 3 is 2.78 bits per heavy atom. The fourth-order valence-corrected chi connectivity index (χ4v) is 1.79. The molecule has 2 aromatic rings. The highest BCUT2D eigenvalue weighted by Gasteiger charge is 2.06. The molecule has 0 aliphatic carbocycles. The molecule has 1 aromatic heterocycles. The Hall–Kier alpha value is -2.01. The van der Waals surface area contributed by atoms with E-state index in [2.05, 4.69) is 9.97 Å². The van der Waals surface area contributed by atoms with E-state index in [1.54, 1.807) is 13.0 Å². The molecular formula is C13H14FN3O. The lowest BCUT2D eigenvalue weighted by Gasteiger charge is -2.05. The molecular weight excluding hydrogens is 233 g/mol. The Morgan fingerprint density at radius 1 is 1.33 bits per heavy atom. The fourth-order valence-electron chi connectivity index (χ4n) is 1.79. The van der Waals surface area contributed by atoms with Gasteiger partial charge in [-0.05, 0) is 37.2 Å². The van der Waals surface area contributed by atoms with Gasteiger partial charge in [-0.3, -0.25) is 4.79 Å².